The molecule has 124 valence electrons. The normalized spacial score (nSPS) is 17.1. The lowest BCUT2D eigenvalue weighted by Gasteiger charge is -2.34. The standard InChI is InChI=1S/C20H22N2O2/c1-21-20(17-5-3-2-4-6-17)11-13-22(14-12-20)15-16-24-19-9-7-18(23)8-10-19/h2-10,23H,11-16H2. The van der Waals surface area contributed by atoms with E-state index in [1.165, 1.54) is 0 Å². The quantitative estimate of drug-likeness (QED) is 0.853. The lowest BCUT2D eigenvalue weighted by molar-refractivity contribution is 0.153. The SMILES string of the molecule is [C-]#[N+]C1(c2ccccc2)CCN(CCOc2ccc(O)cc2)CC1. The molecule has 0 unspecified atom stereocenters. The van der Waals surface area contributed by atoms with Crippen LogP contribution in [0, 0.1) is 6.57 Å². The molecule has 1 fully saturated rings. The van der Waals surface area contributed by atoms with Crippen molar-refractivity contribution in [1.82, 2.24) is 4.90 Å². The summed E-state index contributed by atoms with van der Waals surface area (Å²) in [5, 5.41) is 9.26. The van der Waals surface area contributed by atoms with Gasteiger partial charge in [0.05, 0.1) is 0 Å². The Bertz CT molecular complexity index is 684. The number of rotatable bonds is 5. The fraction of sp³-hybridized carbons (Fsp3) is 0.350. The molecule has 3 rings (SSSR count). The van der Waals surface area contributed by atoms with Crippen molar-refractivity contribution in [3.63, 3.8) is 0 Å². The Morgan fingerprint density at radius 1 is 1.04 bits per heavy atom. The van der Waals surface area contributed by atoms with Crippen molar-refractivity contribution in [2.24, 2.45) is 0 Å². The van der Waals surface area contributed by atoms with E-state index in [1.54, 1.807) is 24.3 Å². The molecule has 4 nitrogen and oxygen atoms in total. The van der Waals surface area contributed by atoms with Crippen LogP contribution in [0.15, 0.2) is 54.6 Å². The largest absolute Gasteiger partial charge is 0.508 e. The minimum absolute atomic E-state index is 0.245. The molecule has 0 radical (unpaired) electrons. The maximum atomic E-state index is 9.26. The lowest BCUT2D eigenvalue weighted by atomic mass is 9.82. The third-order valence-corrected chi connectivity index (χ3v) is 4.72. The molecular weight excluding hydrogens is 300 g/mol. The summed E-state index contributed by atoms with van der Waals surface area (Å²) in [5.41, 5.74) is 0.773. The second-order valence-electron chi connectivity index (χ2n) is 6.19. The molecule has 1 aliphatic rings. The highest BCUT2D eigenvalue weighted by molar-refractivity contribution is 5.30. The van der Waals surface area contributed by atoms with E-state index < -0.39 is 0 Å². The van der Waals surface area contributed by atoms with Gasteiger partial charge in [0, 0.05) is 38.0 Å². The van der Waals surface area contributed by atoms with E-state index in [0.717, 1.165) is 43.8 Å². The fourth-order valence-corrected chi connectivity index (χ4v) is 3.19. The van der Waals surface area contributed by atoms with E-state index >= 15 is 0 Å². The summed E-state index contributed by atoms with van der Waals surface area (Å²) in [4.78, 5) is 6.34. The topological polar surface area (TPSA) is 37.1 Å². The zero-order valence-corrected chi connectivity index (χ0v) is 13.7. The van der Waals surface area contributed by atoms with Crippen LogP contribution in [0.2, 0.25) is 0 Å². The fourth-order valence-electron chi connectivity index (χ4n) is 3.19. The highest BCUT2D eigenvalue weighted by atomic mass is 16.5. The molecular formula is C20H22N2O2. The van der Waals surface area contributed by atoms with E-state index in [2.05, 4.69) is 21.9 Å². The van der Waals surface area contributed by atoms with Crippen LogP contribution in [0.3, 0.4) is 0 Å². The Morgan fingerprint density at radius 3 is 2.33 bits per heavy atom. The molecule has 1 saturated heterocycles. The number of benzene rings is 2. The predicted octanol–water partition coefficient (Wildman–Crippen LogP) is 3.68. The van der Waals surface area contributed by atoms with E-state index in [-0.39, 0.29) is 11.3 Å². The molecule has 4 heteroatoms. The Morgan fingerprint density at radius 2 is 1.71 bits per heavy atom. The van der Waals surface area contributed by atoms with Crippen LogP contribution >= 0.6 is 0 Å². The summed E-state index contributed by atoms with van der Waals surface area (Å²) in [6.07, 6.45) is 1.72. The molecule has 2 aromatic rings. The van der Waals surface area contributed by atoms with Crippen LogP contribution < -0.4 is 4.74 Å². The first-order valence-electron chi connectivity index (χ1n) is 8.30. The minimum atomic E-state index is -0.366. The number of hydrogen-bond donors (Lipinski definition) is 1. The number of phenolic OH excluding ortho intramolecular Hbond substituents is 1. The van der Waals surface area contributed by atoms with Crippen molar-refractivity contribution in [1.29, 1.82) is 0 Å². The second kappa shape index (κ2) is 7.37. The molecule has 24 heavy (non-hydrogen) atoms. The molecule has 0 bridgehead atoms. The van der Waals surface area contributed by atoms with Gasteiger partial charge in [-0.15, -0.1) is 0 Å². The molecule has 1 heterocycles. The smallest absolute Gasteiger partial charge is 0.260 e. The van der Waals surface area contributed by atoms with Crippen molar-refractivity contribution >= 4 is 0 Å². The van der Waals surface area contributed by atoms with Gasteiger partial charge in [-0.3, -0.25) is 4.90 Å². The summed E-state index contributed by atoms with van der Waals surface area (Å²) < 4.78 is 5.71. The number of piperidine rings is 1. The summed E-state index contributed by atoms with van der Waals surface area (Å²) in [6.45, 7) is 11.0. The average molecular weight is 322 g/mol. The van der Waals surface area contributed by atoms with Crippen LogP contribution in [-0.2, 0) is 5.54 Å². The van der Waals surface area contributed by atoms with Crippen molar-refractivity contribution in [2.45, 2.75) is 18.4 Å². The van der Waals surface area contributed by atoms with Gasteiger partial charge in [-0.1, -0.05) is 30.3 Å². The maximum absolute atomic E-state index is 9.26. The summed E-state index contributed by atoms with van der Waals surface area (Å²) in [5.74, 6) is 1.01. The number of nitrogens with zero attached hydrogens (tertiary/aromatic N) is 2. The number of aromatic hydroxyl groups is 1. The van der Waals surface area contributed by atoms with E-state index in [9.17, 15) is 5.11 Å². The molecule has 0 atom stereocenters. The van der Waals surface area contributed by atoms with Crippen LogP contribution in [0.25, 0.3) is 4.85 Å². The van der Waals surface area contributed by atoms with Gasteiger partial charge in [0.1, 0.15) is 18.1 Å². The van der Waals surface area contributed by atoms with Gasteiger partial charge in [-0.2, -0.15) is 0 Å². The lowest BCUT2D eigenvalue weighted by Crippen LogP contribution is -2.42. The van der Waals surface area contributed by atoms with Gasteiger partial charge in [-0.25, -0.2) is 6.57 Å². The van der Waals surface area contributed by atoms with Gasteiger partial charge in [-0.05, 0) is 24.3 Å². The van der Waals surface area contributed by atoms with E-state index in [0.29, 0.717) is 6.61 Å². The summed E-state index contributed by atoms with van der Waals surface area (Å²) in [6, 6.07) is 17.0. The number of phenols is 1. The maximum Gasteiger partial charge on any atom is 0.260 e. The molecule has 0 saturated carbocycles. The van der Waals surface area contributed by atoms with Crippen LogP contribution in [0.4, 0.5) is 0 Å². The molecule has 0 amide bonds. The zero-order valence-electron chi connectivity index (χ0n) is 13.7. The minimum Gasteiger partial charge on any atom is -0.508 e. The van der Waals surface area contributed by atoms with Gasteiger partial charge in [0.2, 0.25) is 0 Å². The Balaban J connectivity index is 1.50. The Hall–Kier alpha value is -2.51. The van der Waals surface area contributed by atoms with Crippen molar-refractivity contribution in [3.05, 3.63) is 71.6 Å². The first-order valence-corrected chi connectivity index (χ1v) is 8.30. The highest BCUT2D eigenvalue weighted by Gasteiger charge is 2.41. The molecule has 1 N–H and O–H groups in total. The first kappa shape index (κ1) is 16.4. The van der Waals surface area contributed by atoms with Crippen LogP contribution in [0.5, 0.6) is 11.5 Å². The summed E-state index contributed by atoms with van der Waals surface area (Å²) >= 11 is 0. The monoisotopic (exact) mass is 322 g/mol. The molecule has 0 aliphatic carbocycles. The Labute approximate surface area is 143 Å². The molecule has 1 aliphatic heterocycles. The zero-order chi connectivity index (χ0) is 16.8. The number of hydrogen-bond acceptors (Lipinski definition) is 3. The van der Waals surface area contributed by atoms with E-state index in [4.69, 9.17) is 11.3 Å². The molecule has 0 spiro atoms. The summed E-state index contributed by atoms with van der Waals surface area (Å²) in [7, 11) is 0. The van der Waals surface area contributed by atoms with Gasteiger partial charge >= 0.3 is 0 Å². The van der Waals surface area contributed by atoms with Crippen molar-refractivity contribution in [2.75, 3.05) is 26.2 Å². The second-order valence-corrected chi connectivity index (χ2v) is 6.19. The molecule has 0 aromatic heterocycles. The van der Waals surface area contributed by atoms with Crippen LogP contribution in [0.1, 0.15) is 18.4 Å². The van der Waals surface area contributed by atoms with Gasteiger partial charge < -0.3 is 14.7 Å². The van der Waals surface area contributed by atoms with Gasteiger partial charge in [0.15, 0.2) is 0 Å². The third kappa shape index (κ3) is 3.69. The van der Waals surface area contributed by atoms with Crippen LogP contribution in [-0.4, -0.2) is 36.2 Å². The first-order chi connectivity index (χ1) is 11.7. The third-order valence-electron chi connectivity index (χ3n) is 4.72. The average Bonchev–Trinajstić information content (AvgIpc) is 2.65. The van der Waals surface area contributed by atoms with E-state index in [1.807, 2.05) is 18.2 Å². The van der Waals surface area contributed by atoms with Crippen molar-refractivity contribution in [3.8, 4) is 11.5 Å². The van der Waals surface area contributed by atoms with Gasteiger partial charge in [0.25, 0.3) is 5.54 Å². The van der Waals surface area contributed by atoms with Crippen molar-refractivity contribution < 1.29 is 9.84 Å². The predicted molar refractivity (Wildman–Crippen MR) is 94.0 cm³/mol. The number of likely N-dealkylation sites (tertiary alicyclic amines) is 1. The highest BCUT2D eigenvalue weighted by Crippen LogP contribution is 2.36. The number of ether oxygens (including phenoxy) is 1. The molecule has 2 aromatic carbocycles. The Kier molecular flexibility index (Phi) is 5.02.